The predicted molar refractivity (Wildman–Crippen MR) is 154 cm³/mol. The highest BCUT2D eigenvalue weighted by Gasteiger charge is 2.32. The van der Waals surface area contributed by atoms with E-state index in [1.165, 1.54) is 4.31 Å². The average molecular weight is 559 g/mol. The summed E-state index contributed by atoms with van der Waals surface area (Å²) in [6, 6.07) is 14.9. The molecule has 0 aliphatic carbocycles. The summed E-state index contributed by atoms with van der Waals surface area (Å²) in [4.78, 5) is 30.2. The van der Waals surface area contributed by atoms with E-state index >= 15 is 0 Å². The number of urea groups is 1. The number of anilines is 1. The van der Waals surface area contributed by atoms with E-state index in [4.69, 9.17) is 4.74 Å². The highest BCUT2D eigenvalue weighted by Crippen LogP contribution is 2.23. The molecule has 0 spiro atoms. The lowest BCUT2D eigenvalue weighted by Crippen LogP contribution is -2.52. The number of amides is 3. The molecule has 10 heteroatoms. The summed E-state index contributed by atoms with van der Waals surface area (Å²) in [5, 5.41) is 2.92. The number of carbonyl (C=O) groups excluding carboxylic acids is 2. The van der Waals surface area contributed by atoms with Crippen LogP contribution in [0.15, 0.2) is 48.5 Å². The molecule has 0 unspecified atom stereocenters. The van der Waals surface area contributed by atoms with Crippen LogP contribution >= 0.6 is 0 Å². The van der Waals surface area contributed by atoms with Gasteiger partial charge in [-0.1, -0.05) is 49.7 Å². The highest BCUT2D eigenvalue weighted by atomic mass is 32.2. The Hall–Kier alpha value is -3.11. The maximum absolute atomic E-state index is 13.7. The smallest absolute Gasteiger partial charge is 0.321 e. The van der Waals surface area contributed by atoms with Crippen LogP contribution in [0.4, 0.5) is 10.5 Å². The lowest BCUT2D eigenvalue weighted by molar-refractivity contribution is -0.135. The number of hydrogen-bond acceptors (Lipinski definition) is 5. The van der Waals surface area contributed by atoms with Gasteiger partial charge >= 0.3 is 6.03 Å². The Balaban J connectivity index is 1.73. The number of ether oxygens (including phenoxy) is 1. The number of piperidine rings is 1. The van der Waals surface area contributed by atoms with E-state index in [1.807, 2.05) is 63.2 Å². The molecule has 0 bridgehead atoms. The van der Waals surface area contributed by atoms with Gasteiger partial charge < -0.3 is 19.9 Å². The summed E-state index contributed by atoms with van der Waals surface area (Å²) < 4.78 is 32.1. The van der Waals surface area contributed by atoms with Crippen LogP contribution in [0.5, 0.6) is 5.75 Å². The SMILES string of the molecule is CCS(=O)(=O)N(CC(=O)N(Cc1ccc(C)cc1)C1CCN(C(=O)Nc2cccc(OC)c2)CC1)CC(C)C. The number of nitrogens with one attached hydrogen (secondary N) is 1. The fourth-order valence-corrected chi connectivity index (χ4v) is 5.90. The first-order valence-electron chi connectivity index (χ1n) is 13.5. The molecular formula is C29H42N4O5S. The minimum absolute atomic E-state index is 0.0499. The van der Waals surface area contributed by atoms with E-state index in [1.54, 1.807) is 29.9 Å². The van der Waals surface area contributed by atoms with Crippen molar-refractivity contribution < 1.29 is 22.7 Å². The van der Waals surface area contributed by atoms with Crippen molar-refractivity contribution in [2.24, 2.45) is 5.92 Å². The number of sulfonamides is 1. The third-order valence-electron chi connectivity index (χ3n) is 6.95. The Labute approximate surface area is 233 Å². The van der Waals surface area contributed by atoms with E-state index in [2.05, 4.69) is 5.32 Å². The first kappa shape index (κ1) is 30.4. The van der Waals surface area contributed by atoms with Gasteiger partial charge in [-0.25, -0.2) is 13.2 Å². The molecule has 1 aliphatic rings. The van der Waals surface area contributed by atoms with Crippen molar-refractivity contribution in [1.29, 1.82) is 0 Å². The minimum Gasteiger partial charge on any atom is -0.497 e. The third kappa shape index (κ3) is 8.69. The van der Waals surface area contributed by atoms with Gasteiger partial charge in [0, 0.05) is 44.0 Å². The van der Waals surface area contributed by atoms with Gasteiger partial charge in [-0.2, -0.15) is 4.31 Å². The maximum atomic E-state index is 13.7. The van der Waals surface area contributed by atoms with E-state index in [0.29, 0.717) is 50.5 Å². The van der Waals surface area contributed by atoms with Crippen molar-refractivity contribution in [3.63, 3.8) is 0 Å². The molecule has 0 atom stereocenters. The molecule has 0 radical (unpaired) electrons. The van der Waals surface area contributed by atoms with Crippen LogP contribution in [0.1, 0.15) is 44.7 Å². The molecule has 3 rings (SSSR count). The zero-order valence-electron chi connectivity index (χ0n) is 23.7. The largest absolute Gasteiger partial charge is 0.497 e. The third-order valence-corrected chi connectivity index (χ3v) is 8.74. The van der Waals surface area contributed by atoms with E-state index in [0.717, 1.165) is 11.1 Å². The molecule has 214 valence electrons. The van der Waals surface area contributed by atoms with E-state index in [-0.39, 0.29) is 36.2 Å². The van der Waals surface area contributed by atoms with Crippen molar-refractivity contribution in [1.82, 2.24) is 14.1 Å². The monoisotopic (exact) mass is 558 g/mol. The molecule has 0 saturated carbocycles. The predicted octanol–water partition coefficient (Wildman–Crippen LogP) is 4.34. The molecule has 1 N–H and O–H groups in total. The quantitative estimate of drug-likeness (QED) is 0.443. The number of carbonyl (C=O) groups is 2. The van der Waals surface area contributed by atoms with Crippen molar-refractivity contribution in [2.45, 2.75) is 53.1 Å². The van der Waals surface area contributed by atoms with Gasteiger partial charge in [0.25, 0.3) is 0 Å². The van der Waals surface area contributed by atoms with Crippen molar-refractivity contribution >= 4 is 27.6 Å². The Morgan fingerprint density at radius 2 is 1.77 bits per heavy atom. The highest BCUT2D eigenvalue weighted by molar-refractivity contribution is 7.89. The summed E-state index contributed by atoms with van der Waals surface area (Å²) in [6.07, 6.45) is 1.21. The van der Waals surface area contributed by atoms with Crippen molar-refractivity contribution in [2.75, 3.05) is 44.4 Å². The number of aryl methyl sites for hydroxylation is 1. The van der Waals surface area contributed by atoms with Gasteiger partial charge in [0.2, 0.25) is 15.9 Å². The second-order valence-electron chi connectivity index (χ2n) is 10.5. The fourth-order valence-electron chi connectivity index (χ4n) is 4.70. The summed E-state index contributed by atoms with van der Waals surface area (Å²) in [5.41, 5.74) is 2.77. The number of rotatable bonds is 11. The topological polar surface area (TPSA) is 99.3 Å². The van der Waals surface area contributed by atoms with Crippen LogP contribution in [-0.2, 0) is 21.4 Å². The number of nitrogens with zero attached hydrogens (tertiary/aromatic N) is 3. The molecular weight excluding hydrogens is 516 g/mol. The number of methoxy groups -OCH3 is 1. The van der Waals surface area contributed by atoms with Gasteiger partial charge in [-0.05, 0) is 50.3 Å². The van der Waals surface area contributed by atoms with E-state index < -0.39 is 10.0 Å². The molecule has 1 saturated heterocycles. The average Bonchev–Trinajstić information content (AvgIpc) is 2.92. The van der Waals surface area contributed by atoms with Crippen molar-refractivity contribution in [3.8, 4) is 5.75 Å². The molecule has 0 aromatic heterocycles. The van der Waals surface area contributed by atoms with Gasteiger partial charge in [0.15, 0.2) is 0 Å². The van der Waals surface area contributed by atoms with Crippen LogP contribution < -0.4 is 10.1 Å². The summed E-state index contributed by atoms with van der Waals surface area (Å²) in [7, 11) is -1.95. The fraction of sp³-hybridized carbons (Fsp3) is 0.517. The summed E-state index contributed by atoms with van der Waals surface area (Å²) in [5.74, 6) is 0.489. The molecule has 9 nitrogen and oxygen atoms in total. The first-order chi connectivity index (χ1) is 18.5. The second kappa shape index (κ2) is 13.8. The molecule has 1 heterocycles. The van der Waals surface area contributed by atoms with Gasteiger partial charge in [-0.15, -0.1) is 0 Å². The number of benzene rings is 2. The molecule has 39 heavy (non-hydrogen) atoms. The van der Waals surface area contributed by atoms with Crippen LogP contribution in [-0.4, -0.2) is 79.5 Å². The molecule has 1 aliphatic heterocycles. The normalized spacial score (nSPS) is 14.5. The first-order valence-corrected chi connectivity index (χ1v) is 15.2. The zero-order chi connectivity index (χ0) is 28.6. The Bertz CT molecular complexity index is 1210. The second-order valence-corrected chi connectivity index (χ2v) is 12.7. The van der Waals surface area contributed by atoms with Gasteiger partial charge in [-0.3, -0.25) is 4.79 Å². The van der Waals surface area contributed by atoms with Crippen LogP contribution in [0.3, 0.4) is 0 Å². The van der Waals surface area contributed by atoms with Crippen LogP contribution in [0.25, 0.3) is 0 Å². The number of likely N-dealkylation sites (tertiary alicyclic amines) is 1. The Morgan fingerprint density at radius 1 is 1.10 bits per heavy atom. The minimum atomic E-state index is -3.53. The molecule has 1 fully saturated rings. The molecule has 2 aromatic carbocycles. The summed E-state index contributed by atoms with van der Waals surface area (Å²) in [6.45, 7) is 8.98. The molecule has 3 amide bonds. The summed E-state index contributed by atoms with van der Waals surface area (Å²) >= 11 is 0. The van der Waals surface area contributed by atoms with Crippen LogP contribution in [0.2, 0.25) is 0 Å². The van der Waals surface area contributed by atoms with Gasteiger partial charge in [0.05, 0.1) is 19.4 Å². The van der Waals surface area contributed by atoms with Crippen LogP contribution in [0, 0.1) is 12.8 Å². The standard InChI is InChI=1S/C29H42N4O5S/c1-6-39(36,37)32(19-22(2)3)21-28(34)33(20-24-12-10-23(4)11-13-24)26-14-16-31(17-15-26)29(35)30-25-8-7-9-27(18-25)38-5/h7-13,18,22,26H,6,14-17,19-21H2,1-5H3,(H,30,35). The maximum Gasteiger partial charge on any atom is 0.321 e. The van der Waals surface area contributed by atoms with Crippen molar-refractivity contribution in [3.05, 3.63) is 59.7 Å². The lowest BCUT2D eigenvalue weighted by atomic mass is 10.0. The van der Waals surface area contributed by atoms with E-state index in [9.17, 15) is 18.0 Å². The Kier molecular flexibility index (Phi) is 10.8. The Morgan fingerprint density at radius 3 is 2.36 bits per heavy atom. The lowest BCUT2D eigenvalue weighted by Gasteiger charge is -2.39. The van der Waals surface area contributed by atoms with Gasteiger partial charge in [0.1, 0.15) is 5.75 Å². The number of hydrogen-bond donors (Lipinski definition) is 1. The zero-order valence-corrected chi connectivity index (χ0v) is 24.5. The molecule has 2 aromatic rings.